The molecule has 28 heavy (non-hydrogen) atoms. The molecule has 0 saturated heterocycles. The third kappa shape index (κ3) is 4.32. The molecule has 0 saturated carbocycles. The summed E-state index contributed by atoms with van der Waals surface area (Å²) in [5.74, 6) is -0.0100. The third-order valence-corrected chi connectivity index (χ3v) is 5.51. The number of hydrogen-bond acceptors (Lipinski definition) is 5. The van der Waals surface area contributed by atoms with Gasteiger partial charge in [-0.1, -0.05) is 48.5 Å². The van der Waals surface area contributed by atoms with Gasteiger partial charge >= 0.3 is 0 Å². The maximum Gasteiger partial charge on any atom is 0.211 e. The zero-order chi connectivity index (χ0) is 20.3. The summed E-state index contributed by atoms with van der Waals surface area (Å²) in [4.78, 5) is 17.0. The fourth-order valence-electron chi connectivity index (χ4n) is 2.74. The molecule has 1 heterocycles. The number of benzene rings is 2. The molecule has 4 N–H and O–H groups in total. The Labute approximate surface area is 167 Å². The molecule has 0 amide bonds. The maximum absolute atomic E-state index is 11.4. The highest BCUT2D eigenvalue weighted by molar-refractivity contribution is 7.17. The predicted octanol–water partition coefficient (Wildman–Crippen LogP) is 3.99. The number of hydrogen-bond donors (Lipinski definition) is 2. The summed E-state index contributed by atoms with van der Waals surface area (Å²) in [6, 6.07) is 15.8. The molecule has 1 aromatic heterocycles. The average Bonchev–Trinajstić information content (AvgIpc) is 3.08. The normalized spacial score (nSPS) is 11.3. The molecule has 0 spiro atoms. The van der Waals surface area contributed by atoms with Crippen LogP contribution in [0.2, 0.25) is 0 Å². The number of aromatic nitrogens is 1. The number of ketones is 1. The van der Waals surface area contributed by atoms with Gasteiger partial charge in [0.1, 0.15) is 5.01 Å². The van der Waals surface area contributed by atoms with Crippen LogP contribution in [0.25, 0.3) is 21.7 Å². The lowest BCUT2D eigenvalue weighted by molar-refractivity contribution is 0.101. The first-order chi connectivity index (χ1) is 13.3. The van der Waals surface area contributed by atoms with Crippen LogP contribution in [0.3, 0.4) is 0 Å². The van der Waals surface area contributed by atoms with Crippen LogP contribution >= 0.6 is 11.3 Å². The maximum atomic E-state index is 11.4. The largest absolute Gasteiger partial charge is 0.369 e. The average molecular weight is 392 g/mol. The second-order valence-corrected chi connectivity index (χ2v) is 7.35. The van der Waals surface area contributed by atoms with Crippen molar-refractivity contribution < 1.29 is 4.79 Å². The van der Waals surface area contributed by atoms with Crippen molar-refractivity contribution in [1.29, 1.82) is 0 Å². The number of guanidine groups is 1. The second-order valence-electron chi connectivity index (χ2n) is 6.35. The van der Waals surface area contributed by atoms with Crippen molar-refractivity contribution in [2.24, 2.45) is 21.7 Å². The summed E-state index contributed by atoms with van der Waals surface area (Å²) in [7, 11) is 0. The molecule has 0 atom stereocenters. The summed E-state index contributed by atoms with van der Waals surface area (Å²) < 4.78 is 0. The van der Waals surface area contributed by atoms with E-state index in [2.05, 4.69) is 27.3 Å². The highest BCUT2D eigenvalue weighted by Crippen LogP contribution is 2.30. The minimum atomic E-state index is -0.0753. The van der Waals surface area contributed by atoms with Crippen LogP contribution in [0, 0.1) is 6.92 Å². The number of rotatable bonds is 5. The van der Waals surface area contributed by atoms with E-state index in [4.69, 9.17) is 11.5 Å². The van der Waals surface area contributed by atoms with Gasteiger partial charge < -0.3 is 11.5 Å². The molecule has 142 valence electrons. The zero-order valence-electron chi connectivity index (χ0n) is 15.9. The second kappa shape index (κ2) is 8.14. The van der Waals surface area contributed by atoms with Crippen molar-refractivity contribution in [3.05, 3.63) is 64.7 Å². The topological polar surface area (TPSA) is 107 Å². The van der Waals surface area contributed by atoms with Crippen LogP contribution in [0.4, 0.5) is 0 Å². The Hall–Kier alpha value is -3.32. The highest BCUT2D eigenvalue weighted by atomic mass is 32.1. The highest BCUT2D eigenvalue weighted by Gasteiger charge is 2.12. The van der Waals surface area contributed by atoms with Gasteiger partial charge in [-0.2, -0.15) is 5.10 Å². The van der Waals surface area contributed by atoms with Crippen molar-refractivity contribution in [2.75, 3.05) is 0 Å². The number of nitrogens with zero attached hydrogens (tertiary/aromatic N) is 3. The van der Waals surface area contributed by atoms with E-state index in [1.807, 2.05) is 50.2 Å². The molecule has 0 aliphatic rings. The van der Waals surface area contributed by atoms with Gasteiger partial charge in [0.2, 0.25) is 5.96 Å². The lowest BCUT2D eigenvalue weighted by Gasteiger charge is -2.04. The van der Waals surface area contributed by atoms with E-state index < -0.39 is 0 Å². The van der Waals surface area contributed by atoms with Gasteiger partial charge in [-0.05, 0) is 31.9 Å². The van der Waals surface area contributed by atoms with E-state index in [9.17, 15) is 4.79 Å². The third-order valence-electron chi connectivity index (χ3n) is 4.20. The van der Waals surface area contributed by atoms with Gasteiger partial charge in [0.25, 0.3) is 0 Å². The van der Waals surface area contributed by atoms with Gasteiger partial charge in [-0.3, -0.25) is 4.79 Å². The van der Waals surface area contributed by atoms with E-state index in [1.165, 1.54) is 0 Å². The Bertz CT molecular complexity index is 1060. The minimum absolute atomic E-state index is 0.0653. The first-order valence-electron chi connectivity index (χ1n) is 8.68. The van der Waals surface area contributed by atoms with Gasteiger partial charge in [-0.15, -0.1) is 16.4 Å². The van der Waals surface area contributed by atoms with E-state index in [0.717, 1.165) is 38.0 Å². The van der Waals surface area contributed by atoms with Crippen LogP contribution < -0.4 is 11.5 Å². The number of carbonyl (C=O) groups is 1. The molecule has 2 aromatic carbocycles. The summed E-state index contributed by atoms with van der Waals surface area (Å²) in [6.07, 6.45) is 0. The summed E-state index contributed by atoms with van der Waals surface area (Å²) >= 11 is 1.55. The fourth-order valence-corrected chi connectivity index (χ4v) is 3.75. The number of aryl methyl sites for hydroxylation is 1. The summed E-state index contributed by atoms with van der Waals surface area (Å²) in [5, 5.41) is 8.65. The fraction of sp³-hybridized carbons (Fsp3) is 0.143. The van der Waals surface area contributed by atoms with Crippen LogP contribution in [0.1, 0.15) is 34.8 Å². The van der Waals surface area contributed by atoms with Crippen molar-refractivity contribution in [2.45, 2.75) is 20.8 Å². The molecule has 3 rings (SSSR count). The lowest BCUT2D eigenvalue weighted by atomic mass is 10.0. The van der Waals surface area contributed by atoms with Crippen molar-refractivity contribution in [3.63, 3.8) is 0 Å². The lowest BCUT2D eigenvalue weighted by Crippen LogP contribution is -2.22. The number of Topliss-reactive ketones (excluding diaryl/α,β-unsaturated/α-hetero) is 1. The van der Waals surface area contributed by atoms with Crippen LogP contribution in [0.15, 0.2) is 58.7 Å². The molecule has 7 heteroatoms. The molecule has 0 fully saturated rings. The van der Waals surface area contributed by atoms with E-state index in [1.54, 1.807) is 18.3 Å². The van der Waals surface area contributed by atoms with Crippen LogP contribution in [-0.2, 0) is 0 Å². The van der Waals surface area contributed by atoms with Crippen LogP contribution in [-0.4, -0.2) is 22.4 Å². The van der Waals surface area contributed by atoms with E-state index in [-0.39, 0.29) is 11.7 Å². The molecule has 3 aromatic rings. The number of thiazole rings is 1. The monoisotopic (exact) mass is 391 g/mol. The van der Waals surface area contributed by atoms with Crippen molar-refractivity contribution >= 4 is 28.8 Å². The minimum Gasteiger partial charge on any atom is -0.369 e. The summed E-state index contributed by atoms with van der Waals surface area (Å²) in [5.41, 5.74) is 16.1. The molecule has 0 aliphatic heterocycles. The molecule has 0 bridgehead atoms. The Morgan fingerprint density at radius 3 is 1.96 bits per heavy atom. The molecule has 0 aliphatic carbocycles. The van der Waals surface area contributed by atoms with E-state index in [0.29, 0.717) is 5.56 Å². The van der Waals surface area contributed by atoms with Gasteiger partial charge in [-0.25, -0.2) is 4.98 Å². The Kier molecular flexibility index (Phi) is 5.65. The Morgan fingerprint density at radius 2 is 1.43 bits per heavy atom. The van der Waals surface area contributed by atoms with Crippen molar-refractivity contribution in [1.82, 2.24) is 4.98 Å². The molecule has 6 nitrogen and oxygen atoms in total. The summed E-state index contributed by atoms with van der Waals surface area (Å²) in [6.45, 7) is 5.36. The van der Waals surface area contributed by atoms with Gasteiger partial charge in [0, 0.05) is 11.1 Å². The van der Waals surface area contributed by atoms with Crippen molar-refractivity contribution in [3.8, 4) is 21.7 Å². The van der Waals surface area contributed by atoms with Gasteiger partial charge in [0.15, 0.2) is 5.78 Å². The van der Waals surface area contributed by atoms with Crippen LogP contribution in [0.5, 0.6) is 0 Å². The Balaban J connectivity index is 1.86. The first kappa shape index (κ1) is 19.4. The number of nitrogens with two attached hydrogens (primary N) is 2. The number of carbonyl (C=O) groups excluding carboxylic acids is 1. The first-order valence-corrected chi connectivity index (χ1v) is 9.49. The zero-order valence-corrected chi connectivity index (χ0v) is 16.7. The standard InChI is InChI=1S/C21H21N5OS/c1-12-19(13(2)25-26-21(22)23)28-20(24-12)18-10-8-17(9-11-18)16-6-4-15(5-7-16)14(3)27/h4-11H,1-3H3,(H4,22,23,26)/b25-13-. The quantitative estimate of drug-likeness (QED) is 0.297. The molecule has 0 radical (unpaired) electrons. The van der Waals surface area contributed by atoms with Gasteiger partial charge in [0.05, 0.1) is 16.3 Å². The molecular weight excluding hydrogens is 370 g/mol. The SMILES string of the molecule is CC(=O)c1ccc(-c2ccc(-c3nc(C)c(/C(C)=N\N=C(N)N)s3)cc2)cc1. The Morgan fingerprint density at radius 1 is 0.893 bits per heavy atom. The van der Waals surface area contributed by atoms with E-state index >= 15 is 0 Å². The molecule has 0 unspecified atom stereocenters. The predicted molar refractivity (Wildman–Crippen MR) is 116 cm³/mol. The molecular formula is C21H21N5OS. The smallest absolute Gasteiger partial charge is 0.211 e.